The van der Waals surface area contributed by atoms with Crippen LogP contribution in [0.5, 0.6) is 0 Å². The number of benzene rings is 16. The molecule has 21 rings (SSSR count). The summed E-state index contributed by atoms with van der Waals surface area (Å²) < 4.78 is 27.5. The lowest BCUT2D eigenvalue weighted by atomic mass is 9.75. The molecule has 0 aliphatic carbocycles. The van der Waals surface area contributed by atoms with Crippen LogP contribution in [-0.4, -0.2) is 48.2 Å². The van der Waals surface area contributed by atoms with Gasteiger partial charge in [0, 0.05) is 71.6 Å². The van der Waals surface area contributed by atoms with Gasteiger partial charge < -0.3 is 18.1 Å². The Morgan fingerprint density at radius 3 is 0.817 bits per heavy atom. The summed E-state index contributed by atoms with van der Waals surface area (Å²) in [6.45, 7) is 8.39. The van der Waals surface area contributed by atoms with E-state index in [9.17, 15) is 0 Å². The summed E-state index contributed by atoms with van der Waals surface area (Å²) in [5.41, 5.74) is 25.5. The van der Waals surface area contributed by atoms with Gasteiger partial charge in [-0.15, -0.1) is 0 Å². The lowest BCUT2D eigenvalue weighted by Gasteiger charge is -2.32. The summed E-state index contributed by atoms with van der Waals surface area (Å²) in [7, 11) is -0.539. The standard InChI is InChI=1S/C51H33N3O.C42H35BO3.C15H10ClN3/c1-6-16-34(17-7-1)36-26-28-38(29-27-36)42-30-31-43(51-53-49(39-22-12-4-13-23-39)52-50(54-51)40-24-14-5-15-25-40)46-45-33-41(35-18-8-2-9-19-35)32-44(47(45)55-48(42)46)37-20-10-3-11-21-37;1-41(2)42(3,4)46-43(45-41)37-25-24-34(32-22-20-30(21-23-32)28-14-8-5-9-15-28)40-38(37)36-27-33(29-16-10-6-11-17-29)26-35(39(36)44-40)31-18-12-7-13-19-31;16-15-18-13(11-7-3-1-4-8-11)17-14(19-15)12-9-5-2-6-10-12/h1-33H;5-27H,1-4H3;1-10H. The van der Waals surface area contributed by atoms with E-state index in [1.807, 2.05) is 146 Å². The van der Waals surface area contributed by atoms with Crippen LogP contribution in [0.3, 0.4) is 0 Å². The van der Waals surface area contributed by atoms with Gasteiger partial charge in [0.1, 0.15) is 22.3 Å². The van der Waals surface area contributed by atoms with E-state index in [1.165, 1.54) is 16.7 Å². The van der Waals surface area contributed by atoms with Crippen LogP contribution in [0.15, 0.2) is 409 Å². The molecule has 0 unspecified atom stereocenters. The topological polar surface area (TPSA) is 122 Å². The SMILES string of the molecule is CC1(C)OB(c2ccc(-c3ccc(-c4ccccc4)cc3)c3oc4c(-c5ccccc5)cc(-c5ccccc5)cc4c23)OC1(C)C.Clc1nc(-c2ccccc2)nc(-c2ccccc2)n1.c1ccc(-c2ccc(-c3ccc(-c4nc(-c5ccccc5)nc(-c5ccccc5)n4)c4c3oc3c(-c5ccccc5)cc(-c5ccccc5)cc34)cc2)cc1. The Hall–Kier alpha value is -14.6. The second-order valence-corrected chi connectivity index (χ2v) is 31.1. The van der Waals surface area contributed by atoms with E-state index in [0.717, 1.165) is 149 Å². The van der Waals surface area contributed by atoms with Crippen LogP contribution in [0.4, 0.5) is 0 Å². The van der Waals surface area contributed by atoms with Gasteiger partial charge in [-0.25, -0.2) is 19.9 Å². The van der Waals surface area contributed by atoms with Gasteiger partial charge in [0.15, 0.2) is 29.1 Å². The highest BCUT2D eigenvalue weighted by atomic mass is 35.5. The molecule has 0 saturated carbocycles. The molecule has 0 bridgehead atoms. The van der Waals surface area contributed by atoms with Crippen molar-refractivity contribution in [1.82, 2.24) is 29.9 Å². The van der Waals surface area contributed by atoms with Gasteiger partial charge in [0.2, 0.25) is 5.28 Å². The molecular weight excluding hydrogens is 1490 g/mol. The first-order valence-electron chi connectivity index (χ1n) is 40.2. The molecule has 12 heteroatoms. The number of halogens is 1. The van der Waals surface area contributed by atoms with Gasteiger partial charge in [-0.1, -0.05) is 364 Å². The molecule has 574 valence electrons. The maximum Gasteiger partial charge on any atom is 0.495 e. The molecule has 0 amide bonds. The summed E-state index contributed by atoms with van der Waals surface area (Å²) in [5.74, 6) is 2.97. The Balaban J connectivity index is 0.000000132. The third-order valence-electron chi connectivity index (χ3n) is 22.6. The van der Waals surface area contributed by atoms with Crippen LogP contribution in [0.1, 0.15) is 27.7 Å². The normalized spacial score (nSPS) is 12.8. The molecule has 16 aromatic carbocycles. The number of nitrogens with zero attached hydrogens (tertiary/aromatic N) is 6. The second kappa shape index (κ2) is 32.8. The number of hydrogen-bond acceptors (Lipinski definition) is 10. The van der Waals surface area contributed by atoms with Crippen molar-refractivity contribution in [2.24, 2.45) is 0 Å². The smallest absolute Gasteiger partial charge is 0.455 e. The van der Waals surface area contributed by atoms with Gasteiger partial charge in [0.25, 0.3) is 0 Å². The van der Waals surface area contributed by atoms with Crippen molar-refractivity contribution >= 4 is 68.1 Å². The minimum atomic E-state index is -0.539. The molecule has 4 aromatic heterocycles. The van der Waals surface area contributed by atoms with Gasteiger partial charge >= 0.3 is 7.12 Å². The maximum absolute atomic E-state index is 7.15. The van der Waals surface area contributed by atoms with Crippen LogP contribution in [0.2, 0.25) is 5.28 Å². The van der Waals surface area contributed by atoms with Crippen LogP contribution in [0.25, 0.3) is 190 Å². The van der Waals surface area contributed by atoms with Gasteiger partial charge in [0.05, 0.1) is 11.2 Å². The zero-order chi connectivity index (χ0) is 81.1. The number of aromatic nitrogens is 6. The van der Waals surface area contributed by atoms with Crippen molar-refractivity contribution in [2.75, 3.05) is 0 Å². The van der Waals surface area contributed by atoms with Crippen LogP contribution in [-0.2, 0) is 9.31 Å². The molecule has 0 spiro atoms. The lowest BCUT2D eigenvalue weighted by molar-refractivity contribution is 0.00578. The van der Waals surface area contributed by atoms with E-state index in [2.05, 4.69) is 297 Å². The maximum atomic E-state index is 7.15. The van der Waals surface area contributed by atoms with Crippen LogP contribution < -0.4 is 5.46 Å². The van der Waals surface area contributed by atoms with Gasteiger partial charge in [-0.05, 0) is 148 Å². The number of hydrogen-bond donors (Lipinski definition) is 0. The van der Waals surface area contributed by atoms with Crippen molar-refractivity contribution in [3.63, 3.8) is 0 Å². The molecule has 20 aromatic rings. The monoisotopic (exact) mass is 1570 g/mol. The Morgan fingerprint density at radius 1 is 0.217 bits per heavy atom. The molecule has 0 radical (unpaired) electrons. The first kappa shape index (κ1) is 75.5. The molecule has 1 aliphatic heterocycles. The van der Waals surface area contributed by atoms with Crippen molar-refractivity contribution in [3.05, 3.63) is 406 Å². The molecule has 1 saturated heterocycles. The molecule has 1 aliphatic rings. The van der Waals surface area contributed by atoms with E-state index in [-0.39, 0.29) is 5.28 Å². The molecule has 120 heavy (non-hydrogen) atoms. The first-order valence-corrected chi connectivity index (χ1v) is 40.6. The minimum Gasteiger partial charge on any atom is -0.455 e. The molecular formula is C108H78BClN6O4. The summed E-state index contributed by atoms with van der Waals surface area (Å²) in [5, 5.41) is 4.22. The predicted molar refractivity (Wildman–Crippen MR) is 492 cm³/mol. The zero-order valence-electron chi connectivity index (χ0n) is 66.4. The highest BCUT2D eigenvalue weighted by molar-refractivity contribution is 6.66. The third-order valence-corrected chi connectivity index (χ3v) is 22.8. The van der Waals surface area contributed by atoms with E-state index in [0.29, 0.717) is 29.1 Å². The van der Waals surface area contributed by atoms with Crippen molar-refractivity contribution in [3.8, 4) is 146 Å². The Labute approximate surface area is 702 Å². The Morgan fingerprint density at radius 2 is 0.467 bits per heavy atom. The highest BCUT2D eigenvalue weighted by Gasteiger charge is 2.52. The molecule has 0 N–H and O–H groups in total. The highest BCUT2D eigenvalue weighted by Crippen LogP contribution is 2.49. The fraction of sp³-hybridized carbons (Fsp3) is 0.0556. The summed E-state index contributed by atoms with van der Waals surface area (Å²) in [6, 6.07) is 138. The Bertz CT molecular complexity index is 6910. The average Bonchev–Trinajstić information content (AvgIpc) is 1.57. The van der Waals surface area contributed by atoms with Crippen molar-refractivity contribution in [1.29, 1.82) is 0 Å². The number of furan rings is 2. The third kappa shape index (κ3) is 15.3. The average molecular weight is 1570 g/mol. The summed E-state index contributed by atoms with van der Waals surface area (Å²) in [6.07, 6.45) is 0. The molecule has 1 fully saturated rings. The first-order chi connectivity index (χ1) is 58.9. The zero-order valence-corrected chi connectivity index (χ0v) is 67.1. The van der Waals surface area contributed by atoms with E-state index < -0.39 is 18.3 Å². The lowest BCUT2D eigenvalue weighted by Crippen LogP contribution is -2.41. The molecule has 5 heterocycles. The van der Waals surface area contributed by atoms with Crippen molar-refractivity contribution < 1.29 is 18.1 Å². The minimum absolute atomic E-state index is 0.202. The number of rotatable bonds is 14. The fourth-order valence-corrected chi connectivity index (χ4v) is 15.9. The fourth-order valence-electron chi connectivity index (χ4n) is 15.7. The summed E-state index contributed by atoms with van der Waals surface area (Å²) >= 11 is 5.99. The van der Waals surface area contributed by atoms with Crippen molar-refractivity contribution in [2.45, 2.75) is 38.9 Å². The quantitative estimate of drug-likeness (QED) is 0.0973. The number of fused-ring (bicyclic) bond motifs is 6. The second-order valence-electron chi connectivity index (χ2n) is 30.7. The molecule has 0 atom stereocenters. The Kier molecular flexibility index (Phi) is 20.6. The van der Waals surface area contributed by atoms with E-state index in [4.69, 9.17) is 44.7 Å². The largest absolute Gasteiger partial charge is 0.495 e. The van der Waals surface area contributed by atoms with E-state index >= 15 is 0 Å². The van der Waals surface area contributed by atoms with E-state index in [1.54, 1.807) is 0 Å². The molecule has 10 nitrogen and oxygen atoms in total. The van der Waals surface area contributed by atoms with Gasteiger partial charge in [-0.3, -0.25) is 0 Å². The predicted octanol–water partition coefficient (Wildman–Crippen LogP) is 27.9. The van der Waals surface area contributed by atoms with Crippen LogP contribution >= 0.6 is 11.6 Å². The van der Waals surface area contributed by atoms with Crippen LogP contribution in [0, 0.1) is 0 Å². The van der Waals surface area contributed by atoms with Gasteiger partial charge in [-0.2, -0.15) is 9.97 Å². The summed E-state index contributed by atoms with van der Waals surface area (Å²) in [4.78, 5) is 28.2.